The summed E-state index contributed by atoms with van der Waals surface area (Å²) in [6.45, 7) is 2.34. The summed E-state index contributed by atoms with van der Waals surface area (Å²) in [5.41, 5.74) is 5.93. The van der Waals surface area contributed by atoms with Crippen LogP contribution in [0.3, 0.4) is 0 Å². The molecule has 4 aromatic rings. The standard InChI is InChI=1S/C23H20N4O5S2/c1-12-4-6-15-18(9-12)33-21-19(15)22(29)26(11-14-3-2-8-32-14)23(25-21)34-17-7-5-13(20(24)28)10-16(17)27(30)31/h2-3,5,7-8,10,12H,4,6,9,11H2,1H3,(H2,24,28). The second kappa shape index (κ2) is 8.73. The van der Waals surface area contributed by atoms with Crippen LogP contribution in [0.1, 0.15) is 39.9 Å². The Labute approximate surface area is 201 Å². The van der Waals surface area contributed by atoms with Crippen molar-refractivity contribution < 1.29 is 14.1 Å². The first-order chi connectivity index (χ1) is 16.3. The van der Waals surface area contributed by atoms with Gasteiger partial charge in [0.15, 0.2) is 5.16 Å². The zero-order valence-electron chi connectivity index (χ0n) is 18.1. The smallest absolute Gasteiger partial charge is 0.284 e. The highest BCUT2D eigenvalue weighted by atomic mass is 32.2. The first-order valence-electron chi connectivity index (χ1n) is 10.7. The lowest BCUT2D eigenvalue weighted by Crippen LogP contribution is -2.24. The lowest BCUT2D eigenvalue weighted by atomic mass is 9.89. The van der Waals surface area contributed by atoms with E-state index >= 15 is 0 Å². The van der Waals surface area contributed by atoms with E-state index in [1.807, 2.05) is 0 Å². The van der Waals surface area contributed by atoms with Gasteiger partial charge in [0, 0.05) is 16.5 Å². The molecular formula is C23H20N4O5S2. The van der Waals surface area contributed by atoms with E-state index in [0.29, 0.717) is 27.1 Å². The van der Waals surface area contributed by atoms with Gasteiger partial charge in [-0.25, -0.2) is 4.98 Å². The van der Waals surface area contributed by atoms with Crippen LogP contribution in [0, 0.1) is 16.0 Å². The van der Waals surface area contributed by atoms with Crippen LogP contribution in [0.15, 0.2) is 55.9 Å². The molecule has 1 amide bonds. The quantitative estimate of drug-likeness (QED) is 0.238. The van der Waals surface area contributed by atoms with E-state index in [9.17, 15) is 19.7 Å². The minimum atomic E-state index is -0.757. The van der Waals surface area contributed by atoms with Crippen molar-refractivity contribution in [3.8, 4) is 0 Å². The summed E-state index contributed by atoms with van der Waals surface area (Å²) < 4.78 is 6.97. The van der Waals surface area contributed by atoms with E-state index in [0.717, 1.165) is 42.7 Å². The first-order valence-corrected chi connectivity index (χ1v) is 12.3. The van der Waals surface area contributed by atoms with E-state index in [1.54, 1.807) is 12.1 Å². The molecule has 0 saturated carbocycles. The van der Waals surface area contributed by atoms with Gasteiger partial charge in [0.25, 0.3) is 11.2 Å². The molecule has 1 aromatic carbocycles. The maximum atomic E-state index is 13.7. The number of primary amides is 1. The number of fused-ring (bicyclic) bond motifs is 3. The molecule has 2 N–H and O–H groups in total. The third kappa shape index (κ3) is 4.01. The zero-order valence-corrected chi connectivity index (χ0v) is 19.8. The number of nitrogens with two attached hydrogens (primary N) is 1. The SMILES string of the molecule is CC1CCc2c(sc3nc(Sc4ccc(C(N)=O)cc4[N+](=O)[O-])n(Cc4ccco4)c(=O)c23)C1. The minimum absolute atomic E-state index is 0.0347. The largest absolute Gasteiger partial charge is 0.467 e. The van der Waals surface area contributed by atoms with Gasteiger partial charge in [-0.1, -0.05) is 6.92 Å². The molecule has 5 rings (SSSR count). The second-order valence-corrected chi connectivity index (χ2v) is 10.4. The predicted octanol–water partition coefficient (Wildman–Crippen LogP) is 4.38. The second-order valence-electron chi connectivity index (χ2n) is 8.30. The lowest BCUT2D eigenvalue weighted by Gasteiger charge is -2.17. The number of thiophene rings is 1. The zero-order chi connectivity index (χ0) is 24.0. The van der Waals surface area contributed by atoms with Gasteiger partial charge in [-0.2, -0.15) is 0 Å². The number of nitro benzene ring substituents is 1. The molecule has 0 radical (unpaired) electrons. The van der Waals surface area contributed by atoms with Crippen molar-refractivity contribution in [3.63, 3.8) is 0 Å². The summed E-state index contributed by atoms with van der Waals surface area (Å²) in [5.74, 6) is 0.361. The van der Waals surface area contributed by atoms with Crippen LogP contribution in [-0.2, 0) is 19.4 Å². The Balaban J connectivity index is 1.68. The van der Waals surface area contributed by atoms with Crippen molar-refractivity contribution in [2.45, 2.75) is 42.8 Å². The summed E-state index contributed by atoms with van der Waals surface area (Å²) in [6.07, 6.45) is 4.29. The summed E-state index contributed by atoms with van der Waals surface area (Å²) in [6, 6.07) is 7.53. The molecular weight excluding hydrogens is 476 g/mol. The van der Waals surface area contributed by atoms with Gasteiger partial charge in [0.1, 0.15) is 10.6 Å². The monoisotopic (exact) mass is 496 g/mol. The molecule has 0 fully saturated rings. The van der Waals surface area contributed by atoms with Gasteiger partial charge >= 0.3 is 0 Å². The molecule has 11 heteroatoms. The summed E-state index contributed by atoms with van der Waals surface area (Å²) in [7, 11) is 0. The number of hydrogen-bond donors (Lipinski definition) is 1. The van der Waals surface area contributed by atoms with Crippen LogP contribution in [0.25, 0.3) is 10.2 Å². The minimum Gasteiger partial charge on any atom is -0.467 e. The third-order valence-electron chi connectivity index (χ3n) is 5.92. The van der Waals surface area contributed by atoms with E-state index in [-0.39, 0.29) is 28.3 Å². The van der Waals surface area contributed by atoms with Crippen molar-refractivity contribution >= 4 is 44.9 Å². The van der Waals surface area contributed by atoms with Gasteiger partial charge in [-0.05, 0) is 66.8 Å². The van der Waals surface area contributed by atoms with E-state index in [4.69, 9.17) is 15.1 Å². The Bertz CT molecular complexity index is 1490. The molecule has 0 saturated heterocycles. The predicted molar refractivity (Wildman–Crippen MR) is 129 cm³/mol. The maximum absolute atomic E-state index is 13.7. The summed E-state index contributed by atoms with van der Waals surface area (Å²) in [4.78, 5) is 43.2. The van der Waals surface area contributed by atoms with Gasteiger partial charge < -0.3 is 10.2 Å². The molecule has 34 heavy (non-hydrogen) atoms. The molecule has 1 unspecified atom stereocenters. The topological polar surface area (TPSA) is 134 Å². The van der Waals surface area contributed by atoms with Crippen LogP contribution in [0.4, 0.5) is 5.69 Å². The third-order valence-corrected chi connectivity index (χ3v) is 8.12. The Hall–Kier alpha value is -3.44. The highest BCUT2D eigenvalue weighted by Gasteiger charge is 2.26. The molecule has 9 nitrogen and oxygen atoms in total. The van der Waals surface area contributed by atoms with Gasteiger partial charge in [-0.3, -0.25) is 24.3 Å². The van der Waals surface area contributed by atoms with Crippen molar-refractivity contribution in [2.75, 3.05) is 0 Å². The van der Waals surface area contributed by atoms with Crippen molar-refractivity contribution in [3.05, 3.63) is 78.8 Å². The molecule has 174 valence electrons. The van der Waals surface area contributed by atoms with Crippen LogP contribution in [0.2, 0.25) is 0 Å². The van der Waals surface area contributed by atoms with E-state index < -0.39 is 10.8 Å². The van der Waals surface area contributed by atoms with Crippen molar-refractivity contribution in [1.29, 1.82) is 0 Å². The molecule has 1 aliphatic carbocycles. The van der Waals surface area contributed by atoms with Crippen LogP contribution >= 0.6 is 23.1 Å². The van der Waals surface area contributed by atoms with Crippen molar-refractivity contribution in [2.24, 2.45) is 11.7 Å². The number of carbonyl (C=O) groups is 1. The normalized spacial score (nSPS) is 15.4. The van der Waals surface area contributed by atoms with Crippen LogP contribution < -0.4 is 11.3 Å². The van der Waals surface area contributed by atoms with Gasteiger partial charge in [0.2, 0.25) is 5.91 Å². The molecule has 0 aliphatic heterocycles. The van der Waals surface area contributed by atoms with Crippen LogP contribution in [0.5, 0.6) is 0 Å². The van der Waals surface area contributed by atoms with Gasteiger partial charge in [-0.15, -0.1) is 11.3 Å². The lowest BCUT2D eigenvalue weighted by molar-refractivity contribution is -0.387. The number of nitro groups is 1. The Morgan fingerprint density at radius 1 is 1.41 bits per heavy atom. The van der Waals surface area contributed by atoms with Crippen molar-refractivity contribution in [1.82, 2.24) is 9.55 Å². The maximum Gasteiger partial charge on any atom is 0.284 e. The molecule has 1 atom stereocenters. The van der Waals surface area contributed by atoms with Crippen LogP contribution in [-0.4, -0.2) is 20.4 Å². The Morgan fingerprint density at radius 3 is 2.94 bits per heavy atom. The molecule has 0 spiro atoms. The number of amides is 1. The highest BCUT2D eigenvalue weighted by molar-refractivity contribution is 7.99. The number of aromatic nitrogens is 2. The number of benzene rings is 1. The number of furan rings is 1. The molecule has 1 aliphatic rings. The molecule has 3 heterocycles. The molecule has 0 bridgehead atoms. The highest BCUT2D eigenvalue weighted by Crippen LogP contribution is 2.39. The fourth-order valence-corrected chi connectivity index (χ4v) is 6.57. The van der Waals surface area contributed by atoms with E-state index in [1.165, 1.54) is 39.2 Å². The summed E-state index contributed by atoms with van der Waals surface area (Å²) in [5, 5.41) is 12.7. The first kappa shape index (κ1) is 22.4. The Kier molecular flexibility index (Phi) is 5.74. The summed E-state index contributed by atoms with van der Waals surface area (Å²) >= 11 is 2.53. The fraction of sp³-hybridized carbons (Fsp3) is 0.261. The number of rotatable bonds is 6. The number of hydrogen-bond acceptors (Lipinski definition) is 8. The average Bonchev–Trinajstić information content (AvgIpc) is 3.43. The molecule has 3 aromatic heterocycles. The number of carbonyl (C=O) groups excluding carboxylic acids is 1. The number of nitrogens with zero attached hydrogens (tertiary/aromatic N) is 3. The van der Waals surface area contributed by atoms with E-state index in [2.05, 4.69) is 6.92 Å². The van der Waals surface area contributed by atoms with Gasteiger partial charge in [0.05, 0.1) is 28.0 Å². The average molecular weight is 497 g/mol. The fourth-order valence-electron chi connectivity index (χ4n) is 4.18. The Morgan fingerprint density at radius 2 is 2.24 bits per heavy atom. The number of aryl methyl sites for hydroxylation is 1.